The summed E-state index contributed by atoms with van der Waals surface area (Å²) in [5.41, 5.74) is 7.13. The summed E-state index contributed by atoms with van der Waals surface area (Å²) < 4.78 is 0.790. The Labute approximate surface area is 150 Å². The van der Waals surface area contributed by atoms with E-state index in [2.05, 4.69) is 4.98 Å². The SMILES string of the molecule is Cc1nc(SCC(=O)N(C)C(C)c2ccccc2)sc1CC(N)=O. The molecule has 24 heavy (non-hydrogen) atoms. The smallest absolute Gasteiger partial charge is 0.233 e. The summed E-state index contributed by atoms with van der Waals surface area (Å²) in [5.74, 6) is -0.0112. The van der Waals surface area contributed by atoms with Crippen LogP contribution in [0.5, 0.6) is 0 Å². The van der Waals surface area contributed by atoms with Gasteiger partial charge in [-0.15, -0.1) is 11.3 Å². The molecule has 0 aliphatic carbocycles. The Bertz CT molecular complexity index is 716. The zero-order valence-corrected chi connectivity index (χ0v) is 15.6. The van der Waals surface area contributed by atoms with Crippen LogP contribution in [0.3, 0.4) is 0 Å². The van der Waals surface area contributed by atoms with Crippen LogP contribution >= 0.6 is 23.1 Å². The Morgan fingerprint density at radius 3 is 2.62 bits per heavy atom. The van der Waals surface area contributed by atoms with Gasteiger partial charge in [0.1, 0.15) is 0 Å². The summed E-state index contributed by atoms with van der Waals surface area (Å²) in [6, 6.07) is 9.95. The first-order chi connectivity index (χ1) is 11.4. The molecule has 0 spiro atoms. The van der Waals surface area contributed by atoms with Gasteiger partial charge in [0.15, 0.2) is 4.34 Å². The lowest BCUT2D eigenvalue weighted by molar-refractivity contribution is -0.129. The highest BCUT2D eigenvalue weighted by Crippen LogP contribution is 2.28. The molecule has 0 radical (unpaired) electrons. The van der Waals surface area contributed by atoms with Gasteiger partial charge in [-0.2, -0.15) is 0 Å². The number of rotatable bonds is 7. The van der Waals surface area contributed by atoms with Crippen LogP contribution in [0.25, 0.3) is 0 Å². The first-order valence-corrected chi connectivity index (χ1v) is 9.36. The third kappa shape index (κ3) is 4.82. The number of hydrogen-bond acceptors (Lipinski definition) is 5. The van der Waals surface area contributed by atoms with E-state index < -0.39 is 0 Å². The Balaban J connectivity index is 1.94. The van der Waals surface area contributed by atoms with E-state index in [0.29, 0.717) is 5.75 Å². The van der Waals surface area contributed by atoms with Crippen LogP contribution in [-0.4, -0.2) is 34.5 Å². The van der Waals surface area contributed by atoms with E-state index in [-0.39, 0.29) is 24.3 Å². The minimum atomic E-state index is -0.370. The van der Waals surface area contributed by atoms with Crippen molar-refractivity contribution >= 4 is 34.9 Å². The molecule has 2 amide bonds. The van der Waals surface area contributed by atoms with Crippen LogP contribution in [-0.2, 0) is 16.0 Å². The molecule has 128 valence electrons. The first-order valence-electron chi connectivity index (χ1n) is 7.56. The van der Waals surface area contributed by atoms with E-state index in [1.807, 2.05) is 51.2 Å². The summed E-state index contributed by atoms with van der Waals surface area (Å²) >= 11 is 2.82. The van der Waals surface area contributed by atoms with Gasteiger partial charge in [-0.05, 0) is 19.4 Å². The molecule has 7 heteroatoms. The predicted octanol–water partition coefficient (Wildman–Crippen LogP) is 2.79. The number of carbonyl (C=O) groups is 2. The van der Waals surface area contributed by atoms with Crippen molar-refractivity contribution in [3.63, 3.8) is 0 Å². The first kappa shape index (κ1) is 18.5. The maximum absolute atomic E-state index is 12.4. The summed E-state index contributed by atoms with van der Waals surface area (Å²) in [5, 5.41) is 0. The molecule has 0 aliphatic heterocycles. The topological polar surface area (TPSA) is 76.3 Å². The van der Waals surface area contributed by atoms with Gasteiger partial charge in [-0.1, -0.05) is 42.1 Å². The highest BCUT2D eigenvalue weighted by Gasteiger charge is 2.18. The number of thiazole rings is 1. The van der Waals surface area contributed by atoms with Crippen molar-refractivity contribution in [3.05, 3.63) is 46.5 Å². The number of hydrogen-bond donors (Lipinski definition) is 1. The van der Waals surface area contributed by atoms with Gasteiger partial charge in [0, 0.05) is 11.9 Å². The molecule has 2 rings (SSSR count). The molecule has 0 bridgehead atoms. The summed E-state index contributed by atoms with van der Waals surface area (Å²) in [7, 11) is 1.81. The van der Waals surface area contributed by atoms with E-state index in [0.717, 1.165) is 20.5 Å². The van der Waals surface area contributed by atoms with Crippen LogP contribution in [0.1, 0.15) is 29.1 Å². The molecular formula is C17H21N3O2S2. The van der Waals surface area contributed by atoms with Crippen LogP contribution < -0.4 is 5.73 Å². The Hall–Kier alpha value is -1.86. The molecule has 0 saturated heterocycles. The quantitative estimate of drug-likeness (QED) is 0.768. The Morgan fingerprint density at radius 1 is 1.33 bits per heavy atom. The molecule has 0 fully saturated rings. The van der Waals surface area contributed by atoms with Gasteiger partial charge in [-0.3, -0.25) is 9.59 Å². The minimum absolute atomic E-state index is 0.0164. The zero-order chi connectivity index (χ0) is 17.7. The number of amides is 2. The second-order valence-electron chi connectivity index (χ2n) is 5.51. The van der Waals surface area contributed by atoms with E-state index in [1.165, 1.54) is 23.1 Å². The molecule has 2 aromatic rings. The zero-order valence-electron chi connectivity index (χ0n) is 14.0. The molecule has 0 aliphatic rings. The molecule has 0 saturated carbocycles. The highest BCUT2D eigenvalue weighted by atomic mass is 32.2. The minimum Gasteiger partial charge on any atom is -0.369 e. The lowest BCUT2D eigenvalue weighted by atomic mass is 10.1. The second-order valence-corrected chi connectivity index (χ2v) is 7.82. The largest absolute Gasteiger partial charge is 0.369 e. The second kappa shape index (κ2) is 8.30. The molecule has 1 aromatic heterocycles. The molecule has 1 aromatic carbocycles. The lowest BCUT2D eigenvalue weighted by Crippen LogP contribution is -2.31. The third-order valence-electron chi connectivity index (χ3n) is 3.78. The van der Waals surface area contributed by atoms with Gasteiger partial charge in [0.05, 0.1) is 23.9 Å². The number of benzene rings is 1. The number of nitrogens with zero attached hydrogens (tertiary/aromatic N) is 2. The third-order valence-corrected chi connectivity index (χ3v) is 6.07. The molecular weight excluding hydrogens is 342 g/mol. The number of carbonyl (C=O) groups excluding carboxylic acids is 2. The fraction of sp³-hybridized carbons (Fsp3) is 0.353. The van der Waals surface area contributed by atoms with E-state index in [9.17, 15) is 9.59 Å². The van der Waals surface area contributed by atoms with Gasteiger partial charge >= 0.3 is 0 Å². The maximum atomic E-state index is 12.4. The Kier molecular flexibility index (Phi) is 6.39. The number of aryl methyl sites for hydroxylation is 1. The summed E-state index contributed by atoms with van der Waals surface area (Å²) in [6.07, 6.45) is 0.197. The number of primary amides is 1. The van der Waals surface area contributed by atoms with Crippen molar-refractivity contribution in [1.29, 1.82) is 0 Å². The molecule has 1 atom stereocenters. The van der Waals surface area contributed by atoms with E-state index >= 15 is 0 Å². The van der Waals surface area contributed by atoms with Crippen molar-refractivity contribution in [1.82, 2.24) is 9.88 Å². The van der Waals surface area contributed by atoms with Gasteiger partial charge in [0.25, 0.3) is 0 Å². The average molecular weight is 364 g/mol. The van der Waals surface area contributed by atoms with E-state index in [1.54, 1.807) is 4.90 Å². The fourth-order valence-electron chi connectivity index (χ4n) is 2.18. The van der Waals surface area contributed by atoms with Gasteiger partial charge in [-0.25, -0.2) is 4.98 Å². The fourth-order valence-corrected chi connectivity index (χ4v) is 4.35. The van der Waals surface area contributed by atoms with Crippen LogP contribution in [0.15, 0.2) is 34.7 Å². The van der Waals surface area contributed by atoms with Crippen molar-refractivity contribution in [2.75, 3.05) is 12.8 Å². The normalized spacial score (nSPS) is 12.0. The number of nitrogens with two attached hydrogens (primary N) is 1. The number of aromatic nitrogens is 1. The molecule has 1 heterocycles. The number of thioether (sulfide) groups is 1. The monoisotopic (exact) mass is 363 g/mol. The molecule has 1 unspecified atom stereocenters. The highest BCUT2D eigenvalue weighted by molar-refractivity contribution is 8.01. The van der Waals surface area contributed by atoms with Gasteiger partial charge in [0.2, 0.25) is 11.8 Å². The van der Waals surface area contributed by atoms with Crippen molar-refractivity contribution in [2.24, 2.45) is 5.73 Å². The van der Waals surface area contributed by atoms with Crippen molar-refractivity contribution in [3.8, 4) is 0 Å². The average Bonchev–Trinajstić information content (AvgIpc) is 2.91. The van der Waals surface area contributed by atoms with Crippen molar-refractivity contribution in [2.45, 2.75) is 30.6 Å². The maximum Gasteiger partial charge on any atom is 0.233 e. The van der Waals surface area contributed by atoms with Crippen LogP contribution in [0.4, 0.5) is 0 Å². The lowest BCUT2D eigenvalue weighted by Gasteiger charge is -2.25. The molecule has 2 N–H and O–H groups in total. The van der Waals surface area contributed by atoms with Crippen molar-refractivity contribution < 1.29 is 9.59 Å². The summed E-state index contributed by atoms with van der Waals surface area (Å²) in [6.45, 7) is 3.86. The Morgan fingerprint density at radius 2 is 2.00 bits per heavy atom. The van der Waals surface area contributed by atoms with Crippen LogP contribution in [0.2, 0.25) is 0 Å². The molecule has 5 nitrogen and oxygen atoms in total. The standard InChI is InChI=1S/C17H21N3O2S2/c1-11-14(9-15(18)21)24-17(19-11)23-10-16(22)20(3)12(2)13-7-5-4-6-8-13/h4-8,12H,9-10H2,1-3H3,(H2,18,21). The summed E-state index contributed by atoms with van der Waals surface area (Å²) in [4.78, 5) is 30.4. The predicted molar refractivity (Wildman–Crippen MR) is 98.1 cm³/mol. The van der Waals surface area contributed by atoms with E-state index in [4.69, 9.17) is 5.73 Å². The van der Waals surface area contributed by atoms with Gasteiger partial charge < -0.3 is 10.6 Å². The van der Waals surface area contributed by atoms with Crippen LogP contribution in [0, 0.1) is 6.92 Å².